The normalized spacial score (nSPS) is 9.79. The molecule has 2 aromatic rings. The van der Waals surface area contributed by atoms with E-state index in [1.165, 1.54) is 0 Å². The predicted octanol–water partition coefficient (Wildman–Crippen LogP) is 1.95. The van der Waals surface area contributed by atoms with Crippen LogP contribution < -0.4 is 4.74 Å². The zero-order chi connectivity index (χ0) is 9.80. The van der Waals surface area contributed by atoms with Crippen LogP contribution in [0.4, 0.5) is 0 Å². The lowest BCUT2D eigenvalue weighted by molar-refractivity contribution is 0.412. The van der Waals surface area contributed by atoms with E-state index in [4.69, 9.17) is 4.74 Å². The van der Waals surface area contributed by atoms with Gasteiger partial charge in [0.05, 0.1) is 18.5 Å². The van der Waals surface area contributed by atoms with Gasteiger partial charge in [0.2, 0.25) is 0 Å². The van der Waals surface area contributed by atoms with Crippen LogP contribution in [0, 0.1) is 6.20 Å². The fourth-order valence-corrected chi connectivity index (χ4v) is 1.12. The van der Waals surface area contributed by atoms with Gasteiger partial charge in [0, 0.05) is 6.20 Å². The van der Waals surface area contributed by atoms with Crippen LogP contribution in [0.3, 0.4) is 0 Å². The van der Waals surface area contributed by atoms with E-state index in [-0.39, 0.29) is 0 Å². The number of nitrogens with zero attached hydrogens (tertiary/aromatic N) is 2. The second-order valence-electron chi connectivity index (χ2n) is 2.73. The van der Waals surface area contributed by atoms with Gasteiger partial charge in [-0.1, -0.05) is 6.07 Å². The van der Waals surface area contributed by atoms with Gasteiger partial charge in [0.15, 0.2) is 0 Å². The summed E-state index contributed by atoms with van der Waals surface area (Å²) in [6.45, 7) is 0. The van der Waals surface area contributed by atoms with Crippen LogP contribution in [-0.4, -0.2) is 17.1 Å². The Balaban J connectivity index is 2.34. The molecular weight excluding hydrogens is 176 g/mol. The van der Waals surface area contributed by atoms with Crippen molar-refractivity contribution in [3.63, 3.8) is 0 Å². The Bertz CT molecular complexity index is 397. The molecule has 3 nitrogen and oxygen atoms in total. The minimum absolute atomic E-state index is 0.629. The first kappa shape index (κ1) is 8.69. The lowest BCUT2D eigenvalue weighted by Gasteiger charge is -2.00. The summed E-state index contributed by atoms with van der Waals surface area (Å²) < 4.78 is 4.97. The number of methoxy groups -OCH3 is 1. The third-order valence-electron chi connectivity index (χ3n) is 1.83. The minimum atomic E-state index is 0.629. The monoisotopic (exact) mass is 185 g/mol. The summed E-state index contributed by atoms with van der Waals surface area (Å²) in [4.78, 5) is 8.29. The molecule has 3 heteroatoms. The highest BCUT2D eigenvalue weighted by Crippen LogP contribution is 2.15. The Morgan fingerprint density at radius 2 is 2.07 bits per heavy atom. The van der Waals surface area contributed by atoms with Gasteiger partial charge in [-0.15, -0.1) is 0 Å². The van der Waals surface area contributed by atoms with Crippen molar-refractivity contribution in [3.05, 3.63) is 42.7 Å². The summed E-state index contributed by atoms with van der Waals surface area (Å²) in [7, 11) is 1.59. The molecule has 0 atom stereocenters. The topological polar surface area (TPSA) is 35.0 Å². The van der Waals surface area contributed by atoms with Crippen LogP contribution in [0.2, 0.25) is 0 Å². The standard InChI is InChI=1S/C11H9N2O/c1-14-9-5-6-11(13-8-9)10-4-2-3-7-12-10/h2-7H,1H3. The number of rotatable bonds is 2. The molecule has 0 bridgehead atoms. The van der Waals surface area contributed by atoms with Gasteiger partial charge in [-0.3, -0.25) is 4.98 Å². The van der Waals surface area contributed by atoms with Crippen LogP contribution >= 0.6 is 0 Å². The Hall–Kier alpha value is -1.90. The summed E-state index contributed by atoms with van der Waals surface area (Å²) in [5.41, 5.74) is 1.64. The fraction of sp³-hybridized carbons (Fsp3) is 0.0909. The van der Waals surface area contributed by atoms with E-state index < -0.39 is 0 Å². The number of aromatic nitrogens is 2. The molecule has 0 aliphatic carbocycles. The molecule has 0 spiro atoms. The third kappa shape index (κ3) is 1.71. The van der Waals surface area contributed by atoms with Gasteiger partial charge in [-0.25, -0.2) is 4.98 Å². The molecule has 2 rings (SSSR count). The average molecular weight is 185 g/mol. The van der Waals surface area contributed by atoms with Crippen LogP contribution in [0.25, 0.3) is 11.4 Å². The van der Waals surface area contributed by atoms with Crippen LogP contribution in [0.15, 0.2) is 36.5 Å². The molecular formula is C11H9N2O. The van der Waals surface area contributed by atoms with Crippen LogP contribution in [-0.2, 0) is 0 Å². The highest BCUT2D eigenvalue weighted by molar-refractivity contribution is 5.53. The van der Waals surface area contributed by atoms with Crippen LogP contribution in [0.1, 0.15) is 0 Å². The van der Waals surface area contributed by atoms with Gasteiger partial charge in [0.1, 0.15) is 11.9 Å². The molecule has 0 aromatic carbocycles. The maximum Gasteiger partial charge on any atom is 0.146 e. The molecule has 0 unspecified atom stereocenters. The van der Waals surface area contributed by atoms with E-state index in [0.29, 0.717) is 5.75 Å². The van der Waals surface area contributed by atoms with Gasteiger partial charge in [-0.05, 0) is 24.3 Å². The minimum Gasteiger partial charge on any atom is -0.494 e. The van der Waals surface area contributed by atoms with Crippen molar-refractivity contribution in [2.24, 2.45) is 0 Å². The first-order valence-corrected chi connectivity index (χ1v) is 4.24. The summed E-state index contributed by atoms with van der Waals surface area (Å²) in [6, 6.07) is 9.38. The highest BCUT2D eigenvalue weighted by atomic mass is 16.5. The quantitative estimate of drug-likeness (QED) is 0.717. The van der Waals surface area contributed by atoms with E-state index >= 15 is 0 Å². The second-order valence-corrected chi connectivity index (χ2v) is 2.73. The van der Waals surface area contributed by atoms with Gasteiger partial charge in [0.25, 0.3) is 0 Å². The van der Waals surface area contributed by atoms with Crippen molar-refractivity contribution in [1.29, 1.82) is 0 Å². The molecule has 69 valence electrons. The number of ether oxygens (including phenoxy) is 1. The van der Waals surface area contributed by atoms with Crippen molar-refractivity contribution < 1.29 is 4.74 Å². The van der Waals surface area contributed by atoms with E-state index in [1.54, 1.807) is 13.3 Å². The molecule has 1 radical (unpaired) electrons. The largest absolute Gasteiger partial charge is 0.494 e. The molecule has 0 saturated heterocycles. The maximum atomic E-state index is 4.97. The number of hydrogen-bond acceptors (Lipinski definition) is 3. The van der Waals surface area contributed by atoms with Gasteiger partial charge in [-0.2, -0.15) is 0 Å². The zero-order valence-corrected chi connectivity index (χ0v) is 7.77. The average Bonchev–Trinajstić information content (AvgIpc) is 2.30. The molecule has 0 fully saturated rings. The maximum absolute atomic E-state index is 4.97. The van der Waals surface area contributed by atoms with Crippen molar-refractivity contribution in [3.8, 4) is 17.1 Å². The molecule has 0 aliphatic rings. The molecule has 14 heavy (non-hydrogen) atoms. The fourth-order valence-electron chi connectivity index (χ4n) is 1.12. The zero-order valence-electron chi connectivity index (χ0n) is 7.77. The summed E-state index contributed by atoms with van der Waals surface area (Å²) in [5.74, 6) is 0.629. The Morgan fingerprint density at radius 1 is 1.14 bits per heavy atom. The van der Waals surface area contributed by atoms with E-state index in [1.807, 2.05) is 30.3 Å². The first-order chi connectivity index (χ1) is 6.90. The predicted molar refractivity (Wildman–Crippen MR) is 52.9 cm³/mol. The third-order valence-corrected chi connectivity index (χ3v) is 1.83. The smallest absolute Gasteiger partial charge is 0.146 e. The SMILES string of the molecule is COc1[c]nc(-c2ccccn2)cc1. The molecule has 0 amide bonds. The molecule has 2 aromatic heterocycles. The van der Waals surface area contributed by atoms with Crippen molar-refractivity contribution >= 4 is 0 Å². The molecule has 0 N–H and O–H groups in total. The number of hydrogen-bond donors (Lipinski definition) is 0. The van der Waals surface area contributed by atoms with E-state index in [0.717, 1.165) is 11.4 Å². The molecule has 0 saturated carbocycles. The number of pyridine rings is 2. The van der Waals surface area contributed by atoms with Gasteiger partial charge < -0.3 is 4.74 Å². The Morgan fingerprint density at radius 3 is 2.64 bits per heavy atom. The summed E-state index contributed by atoms with van der Waals surface area (Å²) in [6.07, 6.45) is 4.51. The second kappa shape index (κ2) is 3.87. The lowest BCUT2D eigenvalue weighted by Crippen LogP contribution is -1.88. The van der Waals surface area contributed by atoms with E-state index in [2.05, 4.69) is 16.2 Å². The van der Waals surface area contributed by atoms with Crippen molar-refractivity contribution in [2.45, 2.75) is 0 Å². The molecule has 0 aliphatic heterocycles. The van der Waals surface area contributed by atoms with E-state index in [9.17, 15) is 0 Å². The van der Waals surface area contributed by atoms with Crippen molar-refractivity contribution in [1.82, 2.24) is 9.97 Å². The van der Waals surface area contributed by atoms with Crippen molar-refractivity contribution in [2.75, 3.05) is 7.11 Å². The highest BCUT2D eigenvalue weighted by Gasteiger charge is 1.99. The summed E-state index contributed by atoms with van der Waals surface area (Å²) >= 11 is 0. The van der Waals surface area contributed by atoms with Crippen LogP contribution in [0.5, 0.6) is 5.75 Å². The Labute approximate surface area is 82.4 Å². The first-order valence-electron chi connectivity index (χ1n) is 4.24. The Kier molecular flexibility index (Phi) is 2.40. The lowest BCUT2D eigenvalue weighted by atomic mass is 10.2. The summed E-state index contributed by atoms with van der Waals surface area (Å²) in [5, 5.41) is 0. The van der Waals surface area contributed by atoms with Gasteiger partial charge >= 0.3 is 0 Å². The molecule has 2 heterocycles.